The molecule has 1 aromatic rings. The molecule has 1 amide bonds. The molecule has 0 saturated carbocycles. The van der Waals surface area contributed by atoms with Crippen molar-refractivity contribution in [2.24, 2.45) is 5.73 Å². The zero-order chi connectivity index (χ0) is 13.8. The van der Waals surface area contributed by atoms with Gasteiger partial charge in [-0.3, -0.25) is 4.79 Å². The molecule has 1 aliphatic rings. The molecule has 1 saturated heterocycles. The van der Waals surface area contributed by atoms with Gasteiger partial charge in [0.15, 0.2) is 0 Å². The lowest BCUT2D eigenvalue weighted by Gasteiger charge is -2.30. The molecule has 0 bridgehead atoms. The van der Waals surface area contributed by atoms with E-state index < -0.39 is 5.76 Å². The molecular weight excluding hydrogens is 270 g/mol. The van der Waals surface area contributed by atoms with Crippen molar-refractivity contribution in [1.29, 1.82) is 0 Å². The molecule has 1 aliphatic heterocycles. The molecule has 3 nitrogen and oxygen atoms in total. The van der Waals surface area contributed by atoms with E-state index in [-0.39, 0.29) is 11.9 Å². The van der Waals surface area contributed by atoms with Gasteiger partial charge in [-0.2, -0.15) is 8.78 Å². The summed E-state index contributed by atoms with van der Waals surface area (Å²) in [7, 11) is 0. The molecule has 1 fully saturated rings. The molecule has 6 heteroatoms. The van der Waals surface area contributed by atoms with Gasteiger partial charge in [-0.15, -0.1) is 0 Å². The Morgan fingerprint density at radius 3 is 2.63 bits per heavy atom. The number of piperidine rings is 1. The van der Waals surface area contributed by atoms with Crippen LogP contribution in [0.25, 0.3) is 0 Å². The van der Waals surface area contributed by atoms with Gasteiger partial charge >= 0.3 is 0 Å². The van der Waals surface area contributed by atoms with Crippen LogP contribution in [-0.2, 0) is 0 Å². The minimum absolute atomic E-state index is 0.0337. The van der Waals surface area contributed by atoms with Crippen LogP contribution in [0.2, 0.25) is 0 Å². The highest BCUT2D eigenvalue weighted by Crippen LogP contribution is 2.25. The third kappa shape index (κ3) is 3.91. The Bertz CT molecular complexity index is 439. The molecule has 1 atom stereocenters. The summed E-state index contributed by atoms with van der Waals surface area (Å²) < 4.78 is 24.4. The van der Waals surface area contributed by atoms with E-state index in [0.717, 1.165) is 12.8 Å². The number of alkyl halides is 2. The predicted molar refractivity (Wildman–Crippen MR) is 71.4 cm³/mol. The maximum atomic E-state index is 12.2. The average Bonchev–Trinajstić information content (AvgIpc) is 2.38. The van der Waals surface area contributed by atoms with E-state index in [0.29, 0.717) is 35.3 Å². The van der Waals surface area contributed by atoms with E-state index in [1.165, 1.54) is 0 Å². The number of carbonyl (C=O) groups is 1. The molecule has 0 spiro atoms. The van der Waals surface area contributed by atoms with Crippen LogP contribution in [0, 0.1) is 0 Å². The standard InChI is InChI=1S/C13H16F2N2OS/c14-13(15)19-11-5-3-9(4-6-11)12(18)17-7-1-2-10(16)8-17/h3-6,10,13H,1-2,7-8,16H2. The number of carbonyl (C=O) groups excluding carboxylic acids is 1. The Labute approximate surface area is 115 Å². The van der Waals surface area contributed by atoms with Crippen molar-refractivity contribution in [2.45, 2.75) is 29.5 Å². The van der Waals surface area contributed by atoms with Crippen molar-refractivity contribution in [2.75, 3.05) is 13.1 Å². The highest BCUT2D eigenvalue weighted by atomic mass is 32.2. The summed E-state index contributed by atoms with van der Waals surface area (Å²) in [6, 6.07) is 6.31. The van der Waals surface area contributed by atoms with Gasteiger partial charge in [-0.1, -0.05) is 11.8 Å². The summed E-state index contributed by atoms with van der Waals surface area (Å²) in [5, 5.41) is 0. The van der Waals surface area contributed by atoms with E-state index in [1.54, 1.807) is 29.2 Å². The second-order valence-corrected chi connectivity index (χ2v) is 5.62. The van der Waals surface area contributed by atoms with Crippen LogP contribution in [0.15, 0.2) is 29.2 Å². The lowest BCUT2D eigenvalue weighted by atomic mass is 10.1. The third-order valence-corrected chi connectivity index (χ3v) is 3.79. The van der Waals surface area contributed by atoms with Gasteiger partial charge in [-0.25, -0.2) is 0 Å². The lowest BCUT2D eigenvalue weighted by molar-refractivity contribution is 0.0709. The molecule has 19 heavy (non-hydrogen) atoms. The number of amides is 1. The number of rotatable bonds is 3. The molecule has 2 rings (SSSR count). The Balaban J connectivity index is 2.02. The summed E-state index contributed by atoms with van der Waals surface area (Å²) in [5.41, 5.74) is 6.36. The van der Waals surface area contributed by atoms with Crippen LogP contribution in [0.5, 0.6) is 0 Å². The van der Waals surface area contributed by atoms with Crippen molar-refractivity contribution in [3.8, 4) is 0 Å². The smallest absolute Gasteiger partial charge is 0.288 e. The normalized spacial score (nSPS) is 19.8. The highest BCUT2D eigenvalue weighted by molar-refractivity contribution is 7.99. The zero-order valence-electron chi connectivity index (χ0n) is 10.4. The van der Waals surface area contributed by atoms with E-state index in [9.17, 15) is 13.6 Å². The Morgan fingerprint density at radius 1 is 1.37 bits per heavy atom. The fourth-order valence-corrected chi connectivity index (χ4v) is 2.65. The molecule has 0 aromatic heterocycles. The second-order valence-electron chi connectivity index (χ2n) is 4.56. The molecule has 2 N–H and O–H groups in total. The van der Waals surface area contributed by atoms with E-state index in [1.807, 2.05) is 0 Å². The minimum atomic E-state index is -2.44. The quantitative estimate of drug-likeness (QED) is 0.869. The number of nitrogens with zero attached hydrogens (tertiary/aromatic N) is 1. The van der Waals surface area contributed by atoms with Crippen LogP contribution < -0.4 is 5.73 Å². The first-order chi connectivity index (χ1) is 9.06. The fourth-order valence-electron chi connectivity index (χ4n) is 2.16. The van der Waals surface area contributed by atoms with E-state index in [4.69, 9.17) is 5.73 Å². The van der Waals surface area contributed by atoms with Crippen molar-refractivity contribution in [1.82, 2.24) is 4.90 Å². The maximum absolute atomic E-state index is 12.2. The first-order valence-electron chi connectivity index (χ1n) is 6.16. The highest BCUT2D eigenvalue weighted by Gasteiger charge is 2.22. The Kier molecular flexibility index (Phi) is 4.76. The van der Waals surface area contributed by atoms with Gasteiger partial charge in [-0.05, 0) is 37.1 Å². The van der Waals surface area contributed by atoms with Gasteiger partial charge in [0.25, 0.3) is 11.7 Å². The van der Waals surface area contributed by atoms with Crippen molar-refractivity contribution < 1.29 is 13.6 Å². The van der Waals surface area contributed by atoms with Crippen molar-refractivity contribution >= 4 is 17.7 Å². The van der Waals surface area contributed by atoms with Crippen molar-refractivity contribution in [3.05, 3.63) is 29.8 Å². The molecule has 1 heterocycles. The summed E-state index contributed by atoms with van der Waals surface area (Å²) in [6.45, 7) is 1.27. The Hall–Kier alpha value is -1.14. The van der Waals surface area contributed by atoms with Gasteiger partial charge in [0.2, 0.25) is 0 Å². The van der Waals surface area contributed by atoms with Crippen LogP contribution >= 0.6 is 11.8 Å². The number of benzene rings is 1. The average molecular weight is 286 g/mol. The van der Waals surface area contributed by atoms with Crippen LogP contribution in [0.1, 0.15) is 23.2 Å². The topological polar surface area (TPSA) is 46.3 Å². The second kappa shape index (κ2) is 6.34. The number of hydrogen-bond donors (Lipinski definition) is 1. The molecule has 0 radical (unpaired) electrons. The van der Waals surface area contributed by atoms with Gasteiger partial charge < -0.3 is 10.6 Å². The zero-order valence-corrected chi connectivity index (χ0v) is 11.2. The number of thioether (sulfide) groups is 1. The molecular formula is C13H16F2N2OS. The predicted octanol–water partition coefficient (Wildman–Crippen LogP) is 2.56. The third-order valence-electron chi connectivity index (χ3n) is 3.07. The molecule has 1 unspecified atom stereocenters. The number of hydrogen-bond acceptors (Lipinski definition) is 3. The van der Waals surface area contributed by atoms with Gasteiger partial charge in [0, 0.05) is 29.6 Å². The molecule has 0 aliphatic carbocycles. The molecule has 1 aromatic carbocycles. The SMILES string of the molecule is NC1CCCN(C(=O)c2ccc(SC(F)F)cc2)C1. The molecule has 104 valence electrons. The lowest BCUT2D eigenvalue weighted by Crippen LogP contribution is -2.45. The first-order valence-corrected chi connectivity index (χ1v) is 7.04. The van der Waals surface area contributed by atoms with Crippen LogP contribution in [0.4, 0.5) is 8.78 Å². The number of likely N-dealkylation sites (tertiary alicyclic amines) is 1. The number of halogens is 2. The summed E-state index contributed by atoms with van der Waals surface area (Å²) in [4.78, 5) is 14.4. The largest absolute Gasteiger partial charge is 0.337 e. The van der Waals surface area contributed by atoms with Crippen LogP contribution in [0.3, 0.4) is 0 Å². The minimum Gasteiger partial charge on any atom is -0.337 e. The van der Waals surface area contributed by atoms with Gasteiger partial charge in [0.05, 0.1) is 0 Å². The fraction of sp³-hybridized carbons (Fsp3) is 0.462. The van der Waals surface area contributed by atoms with Gasteiger partial charge in [0.1, 0.15) is 0 Å². The summed E-state index contributed by atoms with van der Waals surface area (Å²) in [5.74, 6) is -2.52. The van der Waals surface area contributed by atoms with Crippen molar-refractivity contribution in [3.63, 3.8) is 0 Å². The first kappa shape index (κ1) is 14.3. The summed E-state index contributed by atoms with van der Waals surface area (Å²) in [6.07, 6.45) is 1.85. The van der Waals surface area contributed by atoms with E-state index >= 15 is 0 Å². The van der Waals surface area contributed by atoms with Crippen LogP contribution in [-0.4, -0.2) is 35.7 Å². The summed E-state index contributed by atoms with van der Waals surface area (Å²) >= 11 is 0.477. The Morgan fingerprint density at radius 2 is 2.05 bits per heavy atom. The monoisotopic (exact) mass is 286 g/mol. The number of nitrogens with two attached hydrogens (primary N) is 1. The van der Waals surface area contributed by atoms with E-state index in [2.05, 4.69) is 0 Å². The maximum Gasteiger partial charge on any atom is 0.288 e.